The number of pyridine rings is 1. The van der Waals surface area contributed by atoms with Crippen molar-refractivity contribution in [2.75, 3.05) is 25.1 Å². The molecule has 10 heteroatoms. The number of ether oxygens (including phenoxy) is 2. The number of rotatable bonds is 6. The average molecular weight is 478 g/mol. The van der Waals surface area contributed by atoms with Crippen LogP contribution in [0.1, 0.15) is 53.0 Å². The number of carboxylic acid groups (broad SMARTS) is 1. The highest BCUT2D eigenvalue weighted by atomic mass is 16.6. The van der Waals surface area contributed by atoms with E-state index < -0.39 is 47.1 Å². The molecular formula is C24H35N3O7. The fourth-order valence-corrected chi connectivity index (χ4v) is 3.96. The summed E-state index contributed by atoms with van der Waals surface area (Å²) in [5, 5.41) is 20.5. The zero-order valence-electron chi connectivity index (χ0n) is 20.6. The predicted octanol–water partition coefficient (Wildman–Crippen LogP) is 2.39. The van der Waals surface area contributed by atoms with Gasteiger partial charge in [0.05, 0.1) is 17.6 Å². The number of carbonyl (C=O) groups excluding carboxylic acids is 2. The number of methoxy groups -OCH3 is 1. The maximum absolute atomic E-state index is 13.7. The number of nitrogens with zero attached hydrogens (tertiary/aromatic N) is 3. The van der Waals surface area contributed by atoms with Crippen LogP contribution in [0.3, 0.4) is 0 Å². The van der Waals surface area contributed by atoms with Gasteiger partial charge in [0.15, 0.2) is 0 Å². The van der Waals surface area contributed by atoms with Crippen LogP contribution >= 0.6 is 0 Å². The number of anilines is 1. The molecule has 3 atom stereocenters. The van der Waals surface area contributed by atoms with Crippen LogP contribution in [-0.4, -0.2) is 76.0 Å². The van der Waals surface area contributed by atoms with Crippen LogP contribution in [0.4, 0.5) is 10.6 Å². The Labute approximate surface area is 199 Å². The zero-order chi connectivity index (χ0) is 25.4. The number of amides is 2. The van der Waals surface area contributed by atoms with Gasteiger partial charge in [-0.05, 0) is 53.5 Å². The standard InChI is InChI=1S/C24H35N3O7/c1-23(2,3)34-22(32)26-12-16(19(28)17(13-26)21(30)31)20(29)27(15-8-9-15)18-10-7-14(11-25-18)24(4,5)33-6/h7,10-11,15-17,19,28H,8-9,12-13H2,1-6H3,(H,30,31)/t16-,17+,19-/m0/s1. The van der Waals surface area contributed by atoms with Crippen LogP contribution in [0, 0.1) is 11.8 Å². The third-order valence-corrected chi connectivity index (χ3v) is 6.29. The van der Waals surface area contributed by atoms with Crippen molar-refractivity contribution >= 4 is 23.8 Å². The van der Waals surface area contributed by atoms with Crippen LogP contribution in [0.2, 0.25) is 0 Å². The Kier molecular flexibility index (Phi) is 7.23. The van der Waals surface area contributed by atoms with E-state index in [-0.39, 0.29) is 19.1 Å². The molecule has 0 radical (unpaired) electrons. The van der Waals surface area contributed by atoms with Gasteiger partial charge in [-0.25, -0.2) is 9.78 Å². The van der Waals surface area contributed by atoms with Crippen molar-refractivity contribution in [3.8, 4) is 0 Å². The smallest absolute Gasteiger partial charge is 0.410 e. The van der Waals surface area contributed by atoms with Gasteiger partial charge < -0.3 is 24.6 Å². The summed E-state index contributed by atoms with van der Waals surface area (Å²) in [6, 6.07) is 3.47. The fourth-order valence-electron chi connectivity index (χ4n) is 3.96. The van der Waals surface area contributed by atoms with E-state index >= 15 is 0 Å². The summed E-state index contributed by atoms with van der Waals surface area (Å²) in [5.41, 5.74) is -0.503. The number of aromatic nitrogens is 1. The molecule has 2 fully saturated rings. The van der Waals surface area contributed by atoms with Crippen molar-refractivity contribution in [2.24, 2.45) is 11.8 Å². The second kappa shape index (κ2) is 9.50. The lowest BCUT2D eigenvalue weighted by Crippen LogP contribution is -2.59. The SMILES string of the molecule is COC(C)(C)c1ccc(N(C(=O)[C@H]2CN(C(=O)OC(C)(C)C)C[C@@H](C(=O)O)[C@H]2O)C2CC2)nc1. The molecule has 1 aliphatic carbocycles. The molecule has 188 valence electrons. The van der Waals surface area contributed by atoms with Gasteiger partial charge in [0.1, 0.15) is 17.3 Å². The summed E-state index contributed by atoms with van der Waals surface area (Å²) in [6.07, 6.45) is 1.04. The first-order valence-corrected chi connectivity index (χ1v) is 11.5. The highest BCUT2D eigenvalue weighted by molar-refractivity contribution is 5.96. The molecule has 3 rings (SSSR count). The molecule has 2 amide bonds. The maximum atomic E-state index is 13.7. The quantitative estimate of drug-likeness (QED) is 0.639. The van der Waals surface area contributed by atoms with Gasteiger partial charge in [0, 0.05) is 38.0 Å². The minimum Gasteiger partial charge on any atom is -0.481 e. The van der Waals surface area contributed by atoms with E-state index in [1.54, 1.807) is 40.1 Å². The molecule has 34 heavy (non-hydrogen) atoms. The van der Waals surface area contributed by atoms with Crippen LogP contribution in [-0.2, 0) is 24.7 Å². The number of hydrogen-bond acceptors (Lipinski definition) is 7. The number of aliphatic hydroxyl groups excluding tert-OH is 1. The first-order chi connectivity index (χ1) is 15.7. The minimum atomic E-state index is -1.45. The monoisotopic (exact) mass is 477 g/mol. The van der Waals surface area contributed by atoms with Crippen molar-refractivity contribution in [2.45, 2.75) is 70.8 Å². The van der Waals surface area contributed by atoms with E-state index in [4.69, 9.17) is 9.47 Å². The van der Waals surface area contributed by atoms with Crippen molar-refractivity contribution in [3.05, 3.63) is 23.9 Å². The van der Waals surface area contributed by atoms with Crippen molar-refractivity contribution in [1.29, 1.82) is 0 Å². The van der Waals surface area contributed by atoms with E-state index in [0.717, 1.165) is 18.4 Å². The molecule has 0 bridgehead atoms. The third-order valence-electron chi connectivity index (χ3n) is 6.29. The zero-order valence-corrected chi connectivity index (χ0v) is 20.6. The molecule has 1 saturated heterocycles. The number of likely N-dealkylation sites (tertiary alicyclic amines) is 1. The normalized spacial score (nSPS) is 23.4. The Bertz CT molecular complexity index is 921. The van der Waals surface area contributed by atoms with Crippen molar-refractivity contribution in [1.82, 2.24) is 9.88 Å². The number of carboxylic acids is 1. The molecule has 0 aromatic carbocycles. The molecule has 2 N–H and O–H groups in total. The molecule has 1 aromatic rings. The van der Waals surface area contributed by atoms with Gasteiger partial charge in [0.25, 0.3) is 0 Å². The van der Waals surface area contributed by atoms with E-state index in [9.17, 15) is 24.6 Å². The fraction of sp³-hybridized carbons (Fsp3) is 0.667. The van der Waals surface area contributed by atoms with Crippen LogP contribution in [0.5, 0.6) is 0 Å². The lowest BCUT2D eigenvalue weighted by Gasteiger charge is -2.41. The topological polar surface area (TPSA) is 130 Å². The van der Waals surface area contributed by atoms with Crippen molar-refractivity contribution < 1.29 is 34.1 Å². The largest absolute Gasteiger partial charge is 0.481 e. The summed E-state index contributed by atoms with van der Waals surface area (Å²) in [4.78, 5) is 45.4. The molecular weight excluding hydrogens is 442 g/mol. The van der Waals surface area contributed by atoms with Crippen molar-refractivity contribution in [3.63, 3.8) is 0 Å². The second-order valence-corrected chi connectivity index (χ2v) is 10.5. The Morgan fingerprint density at radius 1 is 1.09 bits per heavy atom. The van der Waals surface area contributed by atoms with Gasteiger partial charge >= 0.3 is 12.1 Å². The summed E-state index contributed by atoms with van der Waals surface area (Å²) in [7, 11) is 1.60. The maximum Gasteiger partial charge on any atom is 0.410 e. The Morgan fingerprint density at radius 2 is 1.71 bits per heavy atom. The number of piperidine rings is 1. The molecule has 0 unspecified atom stereocenters. The van der Waals surface area contributed by atoms with Crippen LogP contribution < -0.4 is 4.90 Å². The second-order valence-electron chi connectivity index (χ2n) is 10.5. The first kappa shape index (κ1) is 25.9. The summed E-state index contributed by atoms with van der Waals surface area (Å²) in [6.45, 7) is 8.54. The summed E-state index contributed by atoms with van der Waals surface area (Å²) >= 11 is 0. The third kappa shape index (κ3) is 5.67. The lowest BCUT2D eigenvalue weighted by molar-refractivity contribution is -0.153. The lowest BCUT2D eigenvalue weighted by atomic mass is 9.85. The highest BCUT2D eigenvalue weighted by Crippen LogP contribution is 2.35. The Hall–Kier alpha value is -2.72. The van der Waals surface area contributed by atoms with Gasteiger partial charge in [-0.2, -0.15) is 0 Å². The molecule has 2 aliphatic rings. The van der Waals surface area contributed by atoms with E-state index in [1.807, 2.05) is 19.9 Å². The highest BCUT2D eigenvalue weighted by Gasteiger charge is 2.48. The summed E-state index contributed by atoms with van der Waals surface area (Å²) < 4.78 is 10.9. The molecule has 0 spiro atoms. The molecule has 1 aliphatic heterocycles. The van der Waals surface area contributed by atoms with E-state index in [0.29, 0.717) is 5.82 Å². The number of hydrogen-bond donors (Lipinski definition) is 2. The number of carbonyl (C=O) groups is 3. The summed E-state index contributed by atoms with van der Waals surface area (Å²) in [5.74, 6) is -3.76. The van der Waals surface area contributed by atoms with Crippen LogP contribution in [0.15, 0.2) is 18.3 Å². The van der Waals surface area contributed by atoms with E-state index in [1.165, 1.54) is 9.80 Å². The van der Waals surface area contributed by atoms with Crippen LogP contribution in [0.25, 0.3) is 0 Å². The predicted molar refractivity (Wildman–Crippen MR) is 123 cm³/mol. The molecule has 1 aromatic heterocycles. The molecule has 2 heterocycles. The molecule has 10 nitrogen and oxygen atoms in total. The van der Waals surface area contributed by atoms with Gasteiger partial charge in [-0.15, -0.1) is 0 Å². The Morgan fingerprint density at radius 3 is 2.18 bits per heavy atom. The molecule has 1 saturated carbocycles. The first-order valence-electron chi connectivity index (χ1n) is 11.5. The Balaban J connectivity index is 1.89. The number of aliphatic carboxylic acids is 1. The average Bonchev–Trinajstić information content (AvgIpc) is 3.58. The van der Waals surface area contributed by atoms with E-state index in [2.05, 4.69) is 4.98 Å². The number of aliphatic hydroxyl groups is 1. The van der Waals surface area contributed by atoms with Gasteiger partial charge in [-0.3, -0.25) is 14.5 Å². The minimum absolute atomic E-state index is 0.0892. The van der Waals surface area contributed by atoms with Gasteiger partial charge in [-0.1, -0.05) is 6.07 Å². The van der Waals surface area contributed by atoms with Gasteiger partial charge in [0.2, 0.25) is 5.91 Å².